The first kappa shape index (κ1) is 54.1. The minimum Gasteiger partial charge on any atom is -0.335 e. The lowest BCUT2D eigenvalue weighted by atomic mass is 9.96. The summed E-state index contributed by atoms with van der Waals surface area (Å²) in [5.41, 5.74) is 13.5. The summed E-state index contributed by atoms with van der Waals surface area (Å²) >= 11 is 13.4. The highest BCUT2D eigenvalue weighted by atomic mass is 35.5. The van der Waals surface area contributed by atoms with Crippen molar-refractivity contribution < 1.29 is 22.8 Å². The van der Waals surface area contributed by atoms with E-state index >= 15 is 0 Å². The van der Waals surface area contributed by atoms with E-state index in [1.807, 2.05) is 58.9 Å². The van der Waals surface area contributed by atoms with Crippen molar-refractivity contribution in [3.63, 3.8) is 0 Å². The Labute approximate surface area is 471 Å². The smallest absolute Gasteiger partial charge is 0.335 e. The van der Waals surface area contributed by atoms with Crippen LogP contribution in [0.4, 0.5) is 13.2 Å². The van der Waals surface area contributed by atoms with Gasteiger partial charge < -0.3 is 18.9 Å². The molecule has 0 N–H and O–H groups in total. The average Bonchev–Trinajstić information content (AvgIpc) is 4.06. The van der Waals surface area contributed by atoms with E-state index in [1.165, 1.54) is 28.8 Å². The van der Waals surface area contributed by atoms with Gasteiger partial charge >= 0.3 is 6.18 Å². The average molecular weight is 1100 g/mol. The predicted molar refractivity (Wildman–Crippen MR) is 311 cm³/mol. The molecular formula is C66H65Cl2F3N6O2. The summed E-state index contributed by atoms with van der Waals surface area (Å²) < 4.78 is 44.2. The fourth-order valence-corrected chi connectivity index (χ4v) is 13.1. The lowest BCUT2D eigenvalue weighted by Gasteiger charge is -2.40. The number of para-hydroxylation sites is 2. The molecule has 0 bridgehead atoms. The van der Waals surface area contributed by atoms with Crippen LogP contribution in [-0.4, -0.2) is 91.9 Å². The van der Waals surface area contributed by atoms with E-state index in [0.717, 1.165) is 135 Å². The standard InChI is InChI=1S/C33H31ClF3N3O.C33H34ClN3O/c1-22-30-29(17-20-39(32(30)41)26-15-18-38(19-16-26)21-23-7-3-2-4-8-23)40(28-10-6-5-9-27(28)34)31(22)24-11-13-25(14-12-24)33(35,36)37;1-23-12-14-26(15-13-23)32-24(2)31-30(37(32)29-11-7-6-10-28(29)34)18-21-36(33(31)38)27-16-19-35(20-17-27)22-25-8-4-3-5-9-25/h2-14,26H,15-21H2,1H3;3-15,27H,16-22H2,1-2H3. The van der Waals surface area contributed by atoms with Crippen molar-refractivity contribution in [1.29, 1.82) is 0 Å². The number of rotatable bonds is 10. The monoisotopic (exact) mass is 1100 g/mol. The number of carbonyl (C=O) groups excluding carboxylic acids is 2. The van der Waals surface area contributed by atoms with E-state index in [4.69, 9.17) is 23.2 Å². The molecule has 6 aromatic carbocycles. The van der Waals surface area contributed by atoms with Gasteiger partial charge in [-0.05, 0) is 116 Å². The molecule has 2 aromatic heterocycles. The quantitative estimate of drug-likeness (QED) is 0.137. The molecule has 0 aliphatic carbocycles. The zero-order chi connectivity index (χ0) is 55.0. The topological polar surface area (TPSA) is 57.0 Å². The highest BCUT2D eigenvalue weighted by Crippen LogP contribution is 2.43. The number of likely N-dealkylation sites (tertiary alicyclic amines) is 2. The third-order valence-electron chi connectivity index (χ3n) is 16.6. The Morgan fingerprint density at radius 3 is 1.22 bits per heavy atom. The predicted octanol–water partition coefficient (Wildman–Crippen LogP) is 14.9. The molecule has 0 spiro atoms. The number of piperidine rings is 2. The number of alkyl halides is 3. The van der Waals surface area contributed by atoms with Gasteiger partial charge in [0.05, 0.1) is 49.5 Å². The van der Waals surface area contributed by atoms with Gasteiger partial charge in [-0.2, -0.15) is 13.2 Å². The van der Waals surface area contributed by atoms with Crippen LogP contribution in [0.1, 0.15) is 91.2 Å². The molecule has 2 amide bonds. The lowest BCUT2D eigenvalue weighted by Crippen LogP contribution is -2.49. The van der Waals surface area contributed by atoms with Gasteiger partial charge in [0.25, 0.3) is 11.8 Å². The Hall–Kier alpha value is -6.89. The van der Waals surface area contributed by atoms with Crippen molar-refractivity contribution in [1.82, 2.24) is 28.7 Å². The van der Waals surface area contributed by atoms with Gasteiger partial charge in [-0.1, -0.05) is 150 Å². The molecule has 13 heteroatoms. The minimum atomic E-state index is -4.43. The molecule has 4 aliphatic heterocycles. The van der Waals surface area contributed by atoms with Crippen LogP contribution < -0.4 is 0 Å². The van der Waals surface area contributed by atoms with Gasteiger partial charge in [0.1, 0.15) is 0 Å². The van der Waals surface area contributed by atoms with E-state index in [-0.39, 0.29) is 23.9 Å². The molecule has 8 aromatic rings. The van der Waals surface area contributed by atoms with Crippen molar-refractivity contribution in [2.24, 2.45) is 0 Å². The van der Waals surface area contributed by atoms with E-state index in [9.17, 15) is 22.8 Å². The van der Waals surface area contributed by atoms with E-state index in [2.05, 4.69) is 118 Å². The molecule has 0 unspecified atom stereocenters. The maximum absolute atomic E-state index is 14.1. The zero-order valence-corrected chi connectivity index (χ0v) is 46.5. The Morgan fingerprint density at radius 2 is 0.835 bits per heavy atom. The van der Waals surface area contributed by atoms with Crippen molar-refractivity contribution in [3.05, 3.63) is 224 Å². The van der Waals surface area contributed by atoms with E-state index in [1.54, 1.807) is 6.07 Å². The molecule has 0 atom stereocenters. The number of fused-ring (bicyclic) bond motifs is 2. The summed E-state index contributed by atoms with van der Waals surface area (Å²) in [6, 6.07) is 50.6. The van der Waals surface area contributed by atoms with Crippen molar-refractivity contribution in [2.75, 3.05) is 39.3 Å². The minimum absolute atomic E-state index is 0.00998. The molecule has 2 fully saturated rings. The number of halogens is 5. The second-order valence-corrected chi connectivity index (χ2v) is 22.4. The number of amides is 2. The zero-order valence-electron chi connectivity index (χ0n) is 45.0. The van der Waals surface area contributed by atoms with E-state index < -0.39 is 11.7 Å². The highest BCUT2D eigenvalue weighted by molar-refractivity contribution is 6.32. The van der Waals surface area contributed by atoms with Gasteiger partial charge in [0.15, 0.2) is 0 Å². The maximum Gasteiger partial charge on any atom is 0.416 e. The summed E-state index contributed by atoms with van der Waals surface area (Å²) in [5, 5.41) is 1.21. The molecule has 6 heterocycles. The molecule has 0 radical (unpaired) electrons. The molecule has 0 saturated carbocycles. The van der Waals surface area contributed by atoms with Crippen LogP contribution in [0.3, 0.4) is 0 Å². The Kier molecular flexibility index (Phi) is 15.8. The summed E-state index contributed by atoms with van der Waals surface area (Å²) in [4.78, 5) is 37.4. The van der Waals surface area contributed by atoms with Crippen LogP contribution >= 0.6 is 23.2 Å². The normalized spacial score (nSPS) is 16.7. The number of hydrogen-bond acceptors (Lipinski definition) is 4. The summed E-state index contributed by atoms with van der Waals surface area (Å²) in [7, 11) is 0. The van der Waals surface area contributed by atoms with Gasteiger partial charge in [-0.3, -0.25) is 19.4 Å². The van der Waals surface area contributed by atoms with Crippen LogP contribution in [0.15, 0.2) is 158 Å². The number of carbonyl (C=O) groups is 2. The SMILES string of the molecule is Cc1c2c(n(-c3ccccc3Cl)c1-c1ccc(C(F)(F)F)cc1)CCN(C1CCN(Cc3ccccc3)CC1)C2=O.Cc1ccc(-c2c(C)c3c(n2-c2ccccc2Cl)CCN(C2CCN(Cc4ccccc4)CC2)C3=O)cc1. The molecule has 406 valence electrons. The molecule has 2 saturated heterocycles. The second kappa shape index (κ2) is 23.1. The molecule has 12 rings (SSSR count). The first-order valence-corrected chi connectivity index (χ1v) is 28.4. The lowest BCUT2D eigenvalue weighted by molar-refractivity contribution is -0.137. The molecular weight excluding hydrogens is 1040 g/mol. The summed E-state index contributed by atoms with van der Waals surface area (Å²) in [5.74, 6) is 0.161. The number of aryl methyl sites for hydroxylation is 1. The fourth-order valence-electron chi connectivity index (χ4n) is 12.7. The van der Waals surface area contributed by atoms with Gasteiger partial charge in [-0.15, -0.1) is 0 Å². The first-order valence-electron chi connectivity index (χ1n) is 27.6. The number of benzene rings is 6. The van der Waals surface area contributed by atoms with Gasteiger partial charge in [0.2, 0.25) is 0 Å². The fraction of sp³-hybridized carbons (Fsp3) is 0.303. The third kappa shape index (κ3) is 11.1. The van der Waals surface area contributed by atoms with Crippen molar-refractivity contribution >= 4 is 35.0 Å². The summed E-state index contributed by atoms with van der Waals surface area (Å²) in [6.07, 6.45) is 0.881. The van der Waals surface area contributed by atoms with Gasteiger partial charge in [-0.25, -0.2) is 0 Å². The Morgan fingerprint density at radius 1 is 0.468 bits per heavy atom. The van der Waals surface area contributed by atoms with Crippen molar-refractivity contribution in [3.8, 4) is 33.9 Å². The maximum atomic E-state index is 14.1. The van der Waals surface area contributed by atoms with Crippen molar-refractivity contribution in [2.45, 2.75) is 90.6 Å². The number of aromatic nitrogens is 2. The van der Waals surface area contributed by atoms with Crippen LogP contribution in [0.25, 0.3) is 33.9 Å². The molecule has 4 aliphatic rings. The number of nitrogens with zero attached hydrogens (tertiary/aromatic N) is 6. The summed E-state index contributed by atoms with van der Waals surface area (Å²) in [6.45, 7) is 13.2. The Balaban J connectivity index is 0.000000168. The molecule has 79 heavy (non-hydrogen) atoms. The number of hydrogen-bond donors (Lipinski definition) is 0. The first-order chi connectivity index (χ1) is 38.2. The second-order valence-electron chi connectivity index (χ2n) is 21.6. The van der Waals surface area contributed by atoms with Gasteiger partial charge in [0, 0.05) is 88.7 Å². The largest absolute Gasteiger partial charge is 0.416 e. The van der Waals surface area contributed by atoms with E-state index in [0.29, 0.717) is 45.5 Å². The van der Waals surface area contributed by atoms with Crippen LogP contribution in [-0.2, 0) is 32.1 Å². The highest BCUT2D eigenvalue weighted by Gasteiger charge is 2.40. The van der Waals surface area contributed by atoms with Crippen LogP contribution in [0, 0.1) is 20.8 Å². The van der Waals surface area contributed by atoms with Crippen LogP contribution in [0.2, 0.25) is 10.0 Å². The Bertz CT molecular complexity index is 3470. The molecule has 8 nitrogen and oxygen atoms in total. The van der Waals surface area contributed by atoms with Crippen LogP contribution in [0.5, 0.6) is 0 Å². The third-order valence-corrected chi connectivity index (χ3v) is 17.3.